The third-order valence-electron chi connectivity index (χ3n) is 4.20. The van der Waals surface area contributed by atoms with Gasteiger partial charge in [0.1, 0.15) is 0 Å². The molecule has 26 heavy (non-hydrogen) atoms. The molecule has 2 N–H and O–H groups in total. The number of hydrogen-bond donors (Lipinski definition) is 2. The Morgan fingerprint density at radius 1 is 1.08 bits per heavy atom. The lowest BCUT2D eigenvalue weighted by Crippen LogP contribution is -2.30. The predicted molar refractivity (Wildman–Crippen MR) is 109 cm³/mol. The van der Waals surface area contributed by atoms with Gasteiger partial charge in [0.15, 0.2) is 5.13 Å². The van der Waals surface area contributed by atoms with Crippen LogP contribution in [0, 0.1) is 20.8 Å². The topological polar surface area (TPSA) is 54.0 Å². The zero-order valence-electron chi connectivity index (χ0n) is 15.3. The number of carbonyl (C=O) groups excluding carboxylic acids is 1. The average molecular weight is 366 g/mol. The Bertz CT molecular complexity index is 880. The molecule has 0 unspecified atom stereocenters. The molecule has 0 aliphatic rings. The first kappa shape index (κ1) is 18.1. The van der Waals surface area contributed by atoms with E-state index in [4.69, 9.17) is 0 Å². The van der Waals surface area contributed by atoms with Crippen LogP contribution in [0.5, 0.6) is 0 Å². The summed E-state index contributed by atoms with van der Waals surface area (Å²) in [5, 5.41) is 8.30. The maximum atomic E-state index is 12.1. The highest BCUT2D eigenvalue weighted by atomic mass is 32.1. The number of carbonyl (C=O) groups is 1. The standard InChI is InChI=1S/C21H23N3OS/c1-14-11-15(2)19(16(3)12-14)18-13-26-21(23-18)24-20(25)22-10-9-17-7-5-4-6-8-17/h4-8,11-13H,9-10H2,1-3H3,(H2,22,23,24,25). The highest BCUT2D eigenvalue weighted by Crippen LogP contribution is 2.30. The summed E-state index contributed by atoms with van der Waals surface area (Å²) >= 11 is 1.44. The number of benzene rings is 2. The molecule has 0 fully saturated rings. The second-order valence-electron chi connectivity index (χ2n) is 6.43. The normalized spacial score (nSPS) is 10.6. The van der Waals surface area contributed by atoms with E-state index in [1.165, 1.54) is 33.6 Å². The molecule has 5 heteroatoms. The molecule has 2 amide bonds. The van der Waals surface area contributed by atoms with E-state index >= 15 is 0 Å². The van der Waals surface area contributed by atoms with Crippen LogP contribution in [0.4, 0.5) is 9.93 Å². The number of rotatable bonds is 5. The third kappa shape index (κ3) is 4.49. The maximum Gasteiger partial charge on any atom is 0.321 e. The third-order valence-corrected chi connectivity index (χ3v) is 4.96. The lowest BCUT2D eigenvalue weighted by molar-refractivity contribution is 0.252. The van der Waals surface area contributed by atoms with Crippen molar-refractivity contribution in [2.24, 2.45) is 0 Å². The quantitative estimate of drug-likeness (QED) is 0.661. The van der Waals surface area contributed by atoms with Gasteiger partial charge in [-0.05, 0) is 43.9 Å². The molecular weight excluding hydrogens is 342 g/mol. The van der Waals surface area contributed by atoms with Crippen molar-refractivity contribution < 1.29 is 4.79 Å². The van der Waals surface area contributed by atoms with E-state index in [9.17, 15) is 4.79 Å². The van der Waals surface area contributed by atoms with Gasteiger partial charge in [-0.25, -0.2) is 9.78 Å². The Hall–Kier alpha value is -2.66. The number of aromatic nitrogens is 1. The summed E-state index contributed by atoms with van der Waals surface area (Å²) in [5.74, 6) is 0. The first-order valence-electron chi connectivity index (χ1n) is 8.65. The monoisotopic (exact) mass is 365 g/mol. The molecule has 0 radical (unpaired) electrons. The van der Waals surface area contributed by atoms with Gasteiger partial charge in [-0.2, -0.15) is 0 Å². The second kappa shape index (κ2) is 8.15. The van der Waals surface area contributed by atoms with Gasteiger partial charge < -0.3 is 5.32 Å². The minimum atomic E-state index is -0.223. The van der Waals surface area contributed by atoms with Crippen molar-refractivity contribution in [2.45, 2.75) is 27.2 Å². The molecule has 1 aromatic heterocycles. The molecule has 0 saturated heterocycles. The van der Waals surface area contributed by atoms with Gasteiger partial charge in [0, 0.05) is 17.5 Å². The van der Waals surface area contributed by atoms with E-state index in [2.05, 4.69) is 60.7 Å². The fourth-order valence-electron chi connectivity index (χ4n) is 3.14. The predicted octanol–water partition coefficient (Wildman–Crippen LogP) is 5.10. The van der Waals surface area contributed by atoms with E-state index in [-0.39, 0.29) is 6.03 Å². The summed E-state index contributed by atoms with van der Waals surface area (Å²) in [6.07, 6.45) is 0.805. The van der Waals surface area contributed by atoms with E-state index in [0.29, 0.717) is 11.7 Å². The lowest BCUT2D eigenvalue weighted by Gasteiger charge is -2.09. The molecule has 0 bridgehead atoms. The van der Waals surface area contributed by atoms with Crippen LogP contribution in [0.1, 0.15) is 22.3 Å². The first-order chi connectivity index (χ1) is 12.5. The van der Waals surface area contributed by atoms with E-state index < -0.39 is 0 Å². The van der Waals surface area contributed by atoms with Crippen LogP contribution in [-0.2, 0) is 6.42 Å². The Kier molecular flexibility index (Phi) is 5.68. The molecule has 3 rings (SSSR count). The number of nitrogens with one attached hydrogen (secondary N) is 2. The fraction of sp³-hybridized carbons (Fsp3) is 0.238. The Morgan fingerprint density at radius 3 is 2.46 bits per heavy atom. The molecule has 3 aromatic rings. The Labute approximate surface area is 158 Å². The van der Waals surface area contributed by atoms with Gasteiger partial charge in [-0.3, -0.25) is 5.32 Å². The summed E-state index contributed by atoms with van der Waals surface area (Å²) in [7, 11) is 0. The number of amides is 2. The SMILES string of the molecule is Cc1cc(C)c(-c2csc(NC(=O)NCCc3ccccc3)n2)c(C)c1. The van der Waals surface area contributed by atoms with Crippen LogP contribution in [0.25, 0.3) is 11.3 Å². The summed E-state index contributed by atoms with van der Waals surface area (Å²) in [5.41, 5.74) is 6.90. The smallest absolute Gasteiger partial charge is 0.321 e. The van der Waals surface area contributed by atoms with Crippen molar-refractivity contribution in [3.8, 4) is 11.3 Å². The van der Waals surface area contributed by atoms with Crippen molar-refractivity contribution in [3.05, 3.63) is 70.1 Å². The van der Waals surface area contributed by atoms with Crippen LogP contribution in [0.3, 0.4) is 0 Å². The lowest BCUT2D eigenvalue weighted by atomic mass is 9.98. The molecule has 4 nitrogen and oxygen atoms in total. The van der Waals surface area contributed by atoms with Crippen molar-refractivity contribution in [2.75, 3.05) is 11.9 Å². The molecular formula is C21H23N3OS. The van der Waals surface area contributed by atoms with Gasteiger partial charge in [0.05, 0.1) is 5.69 Å². The fourth-order valence-corrected chi connectivity index (χ4v) is 3.83. The molecule has 0 aliphatic carbocycles. The highest BCUT2D eigenvalue weighted by Gasteiger charge is 2.12. The van der Waals surface area contributed by atoms with Gasteiger partial charge in [0.25, 0.3) is 0 Å². The number of anilines is 1. The van der Waals surface area contributed by atoms with Crippen LogP contribution >= 0.6 is 11.3 Å². The zero-order chi connectivity index (χ0) is 18.5. The highest BCUT2D eigenvalue weighted by molar-refractivity contribution is 7.14. The molecule has 2 aromatic carbocycles. The molecule has 134 valence electrons. The summed E-state index contributed by atoms with van der Waals surface area (Å²) in [6.45, 7) is 6.87. The number of nitrogens with zero attached hydrogens (tertiary/aromatic N) is 1. The number of aryl methyl sites for hydroxylation is 3. The number of urea groups is 1. The van der Waals surface area contributed by atoms with Crippen molar-refractivity contribution >= 4 is 22.5 Å². The van der Waals surface area contributed by atoms with Gasteiger partial charge >= 0.3 is 6.03 Å². The zero-order valence-corrected chi connectivity index (χ0v) is 16.1. The summed E-state index contributed by atoms with van der Waals surface area (Å²) < 4.78 is 0. The number of thiazole rings is 1. The van der Waals surface area contributed by atoms with E-state index in [0.717, 1.165) is 17.7 Å². The van der Waals surface area contributed by atoms with Crippen LogP contribution < -0.4 is 10.6 Å². The average Bonchev–Trinajstić information content (AvgIpc) is 3.02. The van der Waals surface area contributed by atoms with Gasteiger partial charge in [-0.15, -0.1) is 11.3 Å². The van der Waals surface area contributed by atoms with E-state index in [1.54, 1.807) is 0 Å². The minimum Gasteiger partial charge on any atom is -0.337 e. The van der Waals surface area contributed by atoms with Crippen LogP contribution in [-0.4, -0.2) is 17.6 Å². The molecule has 0 saturated carbocycles. The van der Waals surface area contributed by atoms with Gasteiger partial charge in [0.2, 0.25) is 0 Å². The summed E-state index contributed by atoms with van der Waals surface area (Å²) in [6, 6.07) is 14.2. The first-order valence-corrected chi connectivity index (χ1v) is 9.53. The van der Waals surface area contributed by atoms with Crippen molar-refractivity contribution in [3.63, 3.8) is 0 Å². The Morgan fingerprint density at radius 2 is 1.77 bits per heavy atom. The van der Waals surface area contributed by atoms with Crippen molar-refractivity contribution in [1.82, 2.24) is 10.3 Å². The molecule has 1 heterocycles. The largest absolute Gasteiger partial charge is 0.337 e. The summed E-state index contributed by atoms with van der Waals surface area (Å²) in [4.78, 5) is 16.7. The molecule has 0 atom stereocenters. The Balaban J connectivity index is 1.59. The van der Waals surface area contributed by atoms with Crippen LogP contribution in [0.2, 0.25) is 0 Å². The minimum absolute atomic E-state index is 0.223. The molecule has 0 spiro atoms. The number of hydrogen-bond acceptors (Lipinski definition) is 3. The van der Waals surface area contributed by atoms with E-state index in [1.807, 2.05) is 23.6 Å². The molecule has 0 aliphatic heterocycles. The second-order valence-corrected chi connectivity index (χ2v) is 7.29. The van der Waals surface area contributed by atoms with Crippen molar-refractivity contribution in [1.29, 1.82) is 0 Å². The van der Waals surface area contributed by atoms with Crippen LogP contribution in [0.15, 0.2) is 47.8 Å². The maximum absolute atomic E-state index is 12.1. The van der Waals surface area contributed by atoms with Gasteiger partial charge in [-0.1, -0.05) is 48.0 Å².